The number of nitrogens with one attached hydrogen (secondary N) is 1. The normalized spacial score (nSPS) is 14.4. The van der Waals surface area contributed by atoms with E-state index in [9.17, 15) is 18.0 Å². The number of halogens is 3. The molecule has 0 radical (unpaired) electrons. The lowest BCUT2D eigenvalue weighted by Crippen LogP contribution is -2.37. The number of benzene rings is 1. The van der Waals surface area contributed by atoms with Crippen LogP contribution in [0.5, 0.6) is 0 Å². The third-order valence-corrected chi connectivity index (χ3v) is 3.90. The summed E-state index contributed by atoms with van der Waals surface area (Å²) in [4.78, 5) is 16.9. The van der Waals surface area contributed by atoms with Crippen molar-refractivity contribution in [3.05, 3.63) is 35.7 Å². The predicted octanol–water partition coefficient (Wildman–Crippen LogP) is 3.31. The van der Waals surface area contributed by atoms with Gasteiger partial charge >= 0.3 is 18.1 Å². The van der Waals surface area contributed by atoms with Gasteiger partial charge in [0.25, 0.3) is 0 Å². The minimum absolute atomic E-state index is 0.132. The monoisotopic (exact) mass is 354 g/mol. The van der Waals surface area contributed by atoms with Gasteiger partial charge in [-0.1, -0.05) is 29.4 Å². The second-order valence-corrected chi connectivity index (χ2v) is 6.10. The molecule has 2 aromatic rings. The van der Waals surface area contributed by atoms with Crippen molar-refractivity contribution in [2.45, 2.75) is 25.6 Å². The first-order valence-electron chi connectivity index (χ1n) is 7.82. The highest BCUT2D eigenvalue weighted by Gasteiger charge is 2.38. The van der Waals surface area contributed by atoms with Crippen LogP contribution in [0.25, 0.3) is 11.4 Å². The van der Waals surface area contributed by atoms with Crippen LogP contribution >= 0.6 is 0 Å². The molecule has 25 heavy (non-hydrogen) atoms. The summed E-state index contributed by atoms with van der Waals surface area (Å²) in [5, 5.41) is 6.13. The van der Waals surface area contributed by atoms with E-state index in [1.54, 1.807) is 36.2 Å². The van der Waals surface area contributed by atoms with Gasteiger partial charge in [-0.05, 0) is 24.3 Å². The molecule has 1 aromatic carbocycles. The Hall–Kier alpha value is -2.58. The minimum Gasteiger partial charge on any atom is -0.334 e. The Labute approximate surface area is 142 Å². The molecule has 0 unspecified atom stereocenters. The van der Waals surface area contributed by atoms with Crippen molar-refractivity contribution in [1.29, 1.82) is 0 Å². The fourth-order valence-electron chi connectivity index (χ4n) is 2.31. The van der Waals surface area contributed by atoms with Gasteiger partial charge in [0.2, 0.25) is 5.82 Å². The summed E-state index contributed by atoms with van der Waals surface area (Å²) in [6, 6.07) is 6.41. The highest BCUT2D eigenvalue weighted by Crippen LogP contribution is 2.30. The van der Waals surface area contributed by atoms with Gasteiger partial charge in [0.15, 0.2) is 0 Å². The van der Waals surface area contributed by atoms with Crippen molar-refractivity contribution in [2.24, 2.45) is 5.92 Å². The number of hydrogen-bond donors (Lipinski definition) is 1. The highest BCUT2D eigenvalue weighted by molar-refractivity contribution is 5.73. The van der Waals surface area contributed by atoms with Gasteiger partial charge in [0, 0.05) is 25.7 Å². The van der Waals surface area contributed by atoms with Crippen molar-refractivity contribution in [3.8, 4) is 11.4 Å². The summed E-state index contributed by atoms with van der Waals surface area (Å²) in [5.74, 6) is -0.892. The second kappa shape index (κ2) is 6.73. The third-order valence-electron chi connectivity index (χ3n) is 3.90. The van der Waals surface area contributed by atoms with Gasteiger partial charge in [0.05, 0.1) is 0 Å². The first-order valence-corrected chi connectivity index (χ1v) is 7.82. The zero-order valence-electron chi connectivity index (χ0n) is 13.5. The van der Waals surface area contributed by atoms with Crippen molar-refractivity contribution < 1.29 is 22.5 Å². The van der Waals surface area contributed by atoms with Gasteiger partial charge in [0.1, 0.15) is 0 Å². The Morgan fingerprint density at radius 2 is 2.00 bits per heavy atom. The predicted molar refractivity (Wildman–Crippen MR) is 82.3 cm³/mol. The third kappa shape index (κ3) is 4.49. The lowest BCUT2D eigenvalue weighted by Gasteiger charge is -2.17. The molecule has 1 heterocycles. The Morgan fingerprint density at radius 1 is 1.32 bits per heavy atom. The molecule has 9 heteroatoms. The maximum atomic E-state index is 12.5. The van der Waals surface area contributed by atoms with Crippen LogP contribution in [-0.2, 0) is 12.7 Å². The SMILES string of the molecule is CN(CC1CC1)C(=O)NCc1ccc(-c2noc(C(F)(F)F)n2)cc1. The molecule has 6 nitrogen and oxygen atoms in total. The molecular formula is C16H17F3N4O2. The quantitative estimate of drug-likeness (QED) is 0.894. The van der Waals surface area contributed by atoms with E-state index in [0.29, 0.717) is 18.0 Å². The van der Waals surface area contributed by atoms with E-state index in [2.05, 4.69) is 20.0 Å². The molecule has 0 saturated heterocycles. The number of hydrogen-bond acceptors (Lipinski definition) is 4. The molecule has 0 aliphatic heterocycles. The van der Waals surface area contributed by atoms with E-state index in [4.69, 9.17) is 0 Å². The summed E-state index contributed by atoms with van der Waals surface area (Å²) < 4.78 is 41.6. The first kappa shape index (κ1) is 17.2. The molecule has 3 rings (SSSR count). The number of aromatic nitrogens is 2. The molecular weight excluding hydrogens is 337 g/mol. The number of carbonyl (C=O) groups excluding carboxylic acids is 1. The number of alkyl halides is 3. The molecule has 1 fully saturated rings. The largest absolute Gasteiger partial charge is 0.471 e. The van der Waals surface area contributed by atoms with Gasteiger partial charge in [-0.2, -0.15) is 18.2 Å². The average Bonchev–Trinajstić information content (AvgIpc) is 3.23. The van der Waals surface area contributed by atoms with E-state index in [-0.39, 0.29) is 11.9 Å². The van der Waals surface area contributed by atoms with E-state index >= 15 is 0 Å². The minimum atomic E-state index is -4.66. The zero-order valence-corrected chi connectivity index (χ0v) is 13.5. The second-order valence-electron chi connectivity index (χ2n) is 6.10. The van der Waals surface area contributed by atoms with Crippen LogP contribution in [-0.4, -0.2) is 34.7 Å². The van der Waals surface area contributed by atoms with Gasteiger partial charge in [-0.3, -0.25) is 0 Å². The van der Waals surface area contributed by atoms with Crippen LogP contribution in [0.3, 0.4) is 0 Å². The molecule has 0 atom stereocenters. The molecule has 0 spiro atoms. The van der Waals surface area contributed by atoms with Crippen LogP contribution in [0.4, 0.5) is 18.0 Å². The lowest BCUT2D eigenvalue weighted by atomic mass is 10.1. The Morgan fingerprint density at radius 3 is 2.56 bits per heavy atom. The maximum absolute atomic E-state index is 12.5. The van der Waals surface area contributed by atoms with Crippen molar-refractivity contribution >= 4 is 6.03 Å². The van der Waals surface area contributed by atoms with E-state index in [1.165, 1.54) is 12.8 Å². The molecule has 1 aromatic heterocycles. The summed E-state index contributed by atoms with van der Waals surface area (Å²) >= 11 is 0. The summed E-state index contributed by atoms with van der Waals surface area (Å²) in [6.07, 6.45) is -2.32. The summed E-state index contributed by atoms with van der Waals surface area (Å²) in [7, 11) is 1.76. The smallest absolute Gasteiger partial charge is 0.334 e. The average molecular weight is 354 g/mol. The van der Waals surface area contributed by atoms with Crippen LogP contribution in [0.15, 0.2) is 28.8 Å². The number of amides is 2. The molecule has 1 aliphatic carbocycles. The molecule has 0 bridgehead atoms. The molecule has 1 N–H and O–H groups in total. The Bertz CT molecular complexity index is 739. The Balaban J connectivity index is 1.56. The van der Waals surface area contributed by atoms with Crippen LogP contribution in [0.2, 0.25) is 0 Å². The molecule has 134 valence electrons. The fraction of sp³-hybridized carbons (Fsp3) is 0.438. The van der Waals surface area contributed by atoms with Gasteiger partial charge in [-0.25, -0.2) is 4.79 Å². The maximum Gasteiger partial charge on any atom is 0.471 e. The van der Waals surface area contributed by atoms with E-state index in [0.717, 1.165) is 12.1 Å². The van der Waals surface area contributed by atoms with Crippen molar-refractivity contribution in [3.63, 3.8) is 0 Å². The van der Waals surface area contributed by atoms with E-state index in [1.807, 2.05) is 0 Å². The number of nitrogens with zero attached hydrogens (tertiary/aromatic N) is 3. The van der Waals surface area contributed by atoms with Crippen molar-refractivity contribution in [1.82, 2.24) is 20.4 Å². The Kier molecular flexibility index (Phi) is 4.65. The standard InChI is InChI=1S/C16H17F3N4O2/c1-23(9-11-2-3-11)15(24)20-8-10-4-6-12(7-5-10)13-21-14(25-22-13)16(17,18)19/h4-7,11H,2-3,8-9H2,1H3,(H,20,24). The van der Waals surface area contributed by atoms with Gasteiger partial charge < -0.3 is 14.7 Å². The van der Waals surface area contributed by atoms with Crippen LogP contribution < -0.4 is 5.32 Å². The van der Waals surface area contributed by atoms with Gasteiger partial charge in [-0.15, -0.1) is 0 Å². The number of carbonyl (C=O) groups is 1. The molecule has 2 amide bonds. The number of rotatable bonds is 5. The highest BCUT2D eigenvalue weighted by atomic mass is 19.4. The zero-order chi connectivity index (χ0) is 18.0. The summed E-state index contributed by atoms with van der Waals surface area (Å²) in [5.41, 5.74) is 1.22. The molecule has 1 saturated carbocycles. The van der Waals surface area contributed by atoms with Crippen LogP contribution in [0, 0.1) is 5.92 Å². The van der Waals surface area contributed by atoms with E-state index < -0.39 is 12.1 Å². The fourth-order valence-corrected chi connectivity index (χ4v) is 2.31. The van der Waals surface area contributed by atoms with Crippen molar-refractivity contribution in [2.75, 3.05) is 13.6 Å². The summed E-state index contributed by atoms with van der Waals surface area (Å²) in [6.45, 7) is 1.08. The topological polar surface area (TPSA) is 71.3 Å². The first-order chi connectivity index (χ1) is 11.8. The number of urea groups is 1. The lowest BCUT2D eigenvalue weighted by molar-refractivity contribution is -0.159. The molecule has 1 aliphatic rings. The van der Waals surface area contributed by atoms with Crippen LogP contribution in [0.1, 0.15) is 24.3 Å².